The highest BCUT2D eigenvalue weighted by molar-refractivity contribution is 5.90. The number of aromatic nitrogens is 1. The number of esters is 1. The van der Waals surface area contributed by atoms with Crippen LogP contribution in [0, 0.1) is 11.6 Å². The van der Waals surface area contributed by atoms with E-state index in [4.69, 9.17) is 9.47 Å². The lowest BCUT2D eigenvalue weighted by molar-refractivity contribution is -0.152. The standard InChI is InChI=1S/C19H16F5NO3/c1-2-27-18(26)16-8-14(12-5-3-10(20)7-15(12)21)13-6-4-11(9-19(22,23)24)28-17(13)25-16/h3,5,7-8,11H,2,4,6,9H2,1H3/t11-/m1/s1. The van der Waals surface area contributed by atoms with Crippen molar-refractivity contribution < 1.29 is 36.2 Å². The number of benzene rings is 1. The Kier molecular flexibility index (Phi) is 5.53. The lowest BCUT2D eigenvalue weighted by atomic mass is 9.93. The predicted molar refractivity (Wildman–Crippen MR) is 89.0 cm³/mol. The zero-order valence-corrected chi connectivity index (χ0v) is 14.8. The van der Waals surface area contributed by atoms with Crippen molar-refractivity contribution >= 4 is 5.97 Å². The summed E-state index contributed by atoms with van der Waals surface area (Å²) < 4.78 is 75.9. The van der Waals surface area contributed by atoms with Crippen LogP contribution in [0.25, 0.3) is 11.1 Å². The second-order valence-electron chi connectivity index (χ2n) is 6.28. The number of rotatable bonds is 4. The van der Waals surface area contributed by atoms with Gasteiger partial charge in [0.05, 0.1) is 13.0 Å². The van der Waals surface area contributed by atoms with Crippen molar-refractivity contribution in [1.82, 2.24) is 4.98 Å². The quantitative estimate of drug-likeness (QED) is 0.543. The third-order valence-corrected chi connectivity index (χ3v) is 4.25. The van der Waals surface area contributed by atoms with Crippen LogP contribution < -0.4 is 4.74 Å². The maximum absolute atomic E-state index is 14.3. The first-order valence-electron chi connectivity index (χ1n) is 8.57. The van der Waals surface area contributed by atoms with E-state index in [9.17, 15) is 26.7 Å². The molecule has 0 spiro atoms. The molecular weight excluding hydrogens is 385 g/mol. The van der Waals surface area contributed by atoms with E-state index in [0.29, 0.717) is 11.6 Å². The maximum Gasteiger partial charge on any atom is 0.392 e. The van der Waals surface area contributed by atoms with Crippen LogP contribution in [0.4, 0.5) is 22.0 Å². The van der Waals surface area contributed by atoms with Gasteiger partial charge in [0.15, 0.2) is 5.69 Å². The predicted octanol–water partition coefficient (Wildman–Crippen LogP) is 4.85. The number of carbonyl (C=O) groups excluding carboxylic acids is 1. The first-order valence-corrected chi connectivity index (χ1v) is 8.57. The van der Waals surface area contributed by atoms with Gasteiger partial charge >= 0.3 is 12.1 Å². The maximum atomic E-state index is 14.3. The van der Waals surface area contributed by atoms with Crippen LogP contribution in [-0.4, -0.2) is 29.8 Å². The Morgan fingerprint density at radius 3 is 2.64 bits per heavy atom. The van der Waals surface area contributed by atoms with E-state index in [-0.39, 0.29) is 42.1 Å². The largest absolute Gasteiger partial charge is 0.474 e. The average molecular weight is 401 g/mol. The van der Waals surface area contributed by atoms with Gasteiger partial charge < -0.3 is 9.47 Å². The summed E-state index contributed by atoms with van der Waals surface area (Å²) in [6.45, 7) is 1.63. The molecular formula is C19H16F5NO3. The van der Waals surface area contributed by atoms with E-state index >= 15 is 0 Å². The van der Waals surface area contributed by atoms with E-state index in [2.05, 4.69) is 4.98 Å². The molecule has 0 radical (unpaired) electrons. The van der Waals surface area contributed by atoms with Gasteiger partial charge in [0.1, 0.15) is 17.7 Å². The van der Waals surface area contributed by atoms with Crippen molar-refractivity contribution in [2.24, 2.45) is 0 Å². The third-order valence-electron chi connectivity index (χ3n) is 4.25. The Hall–Kier alpha value is -2.71. The summed E-state index contributed by atoms with van der Waals surface area (Å²) in [6.07, 6.45) is -6.57. The van der Waals surface area contributed by atoms with Gasteiger partial charge in [0.2, 0.25) is 5.88 Å². The van der Waals surface area contributed by atoms with Gasteiger partial charge in [-0.2, -0.15) is 13.2 Å². The highest BCUT2D eigenvalue weighted by Crippen LogP contribution is 2.38. The monoisotopic (exact) mass is 401 g/mol. The molecule has 2 heterocycles. The molecule has 1 aliphatic heterocycles. The van der Waals surface area contributed by atoms with E-state index < -0.39 is 36.3 Å². The van der Waals surface area contributed by atoms with Gasteiger partial charge in [0, 0.05) is 17.2 Å². The fraction of sp³-hybridized carbons (Fsp3) is 0.368. The number of halogens is 5. The summed E-state index contributed by atoms with van der Waals surface area (Å²) in [7, 11) is 0. The SMILES string of the molecule is CCOC(=O)c1cc(-c2ccc(F)cc2F)c2c(n1)O[C@@H](CC(F)(F)F)CC2. The Morgan fingerprint density at radius 2 is 2.00 bits per heavy atom. The molecule has 3 rings (SSSR count). The topological polar surface area (TPSA) is 48.4 Å². The van der Waals surface area contributed by atoms with Gasteiger partial charge in [-0.15, -0.1) is 0 Å². The third kappa shape index (κ3) is 4.40. The van der Waals surface area contributed by atoms with Gasteiger partial charge in [-0.1, -0.05) is 0 Å². The second kappa shape index (κ2) is 7.73. The minimum absolute atomic E-state index is 0.0107. The van der Waals surface area contributed by atoms with Crippen molar-refractivity contribution in [2.45, 2.75) is 38.5 Å². The highest BCUT2D eigenvalue weighted by atomic mass is 19.4. The van der Waals surface area contributed by atoms with Crippen molar-refractivity contribution in [3.05, 3.63) is 47.2 Å². The molecule has 28 heavy (non-hydrogen) atoms. The number of hydrogen-bond donors (Lipinski definition) is 0. The summed E-state index contributed by atoms with van der Waals surface area (Å²) in [5.74, 6) is -2.66. The molecule has 9 heteroatoms. The summed E-state index contributed by atoms with van der Waals surface area (Å²) >= 11 is 0. The van der Waals surface area contributed by atoms with E-state index in [1.54, 1.807) is 6.92 Å². The highest BCUT2D eigenvalue weighted by Gasteiger charge is 2.36. The number of pyridine rings is 1. The van der Waals surface area contributed by atoms with E-state index in [0.717, 1.165) is 6.07 Å². The number of carbonyl (C=O) groups is 1. The molecule has 0 saturated heterocycles. The minimum Gasteiger partial charge on any atom is -0.474 e. The van der Waals surface area contributed by atoms with Crippen LogP contribution in [0.1, 0.15) is 35.8 Å². The normalized spacial score (nSPS) is 16.3. The smallest absolute Gasteiger partial charge is 0.392 e. The summed E-state index contributed by atoms with van der Waals surface area (Å²) in [5.41, 5.74) is 0.323. The number of fused-ring (bicyclic) bond motifs is 1. The van der Waals surface area contributed by atoms with Gasteiger partial charge in [-0.3, -0.25) is 0 Å². The first-order chi connectivity index (χ1) is 13.2. The molecule has 2 aromatic rings. The number of ether oxygens (including phenoxy) is 2. The molecule has 1 atom stereocenters. The van der Waals surface area contributed by atoms with Gasteiger partial charge in [-0.25, -0.2) is 18.6 Å². The summed E-state index contributed by atoms with van der Waals surface area (Å²) in [6, 6.07) is 4.20. The molecule has 0 unspecified atom stereocenters. The minimum atomic E-state index is -4.42. The fourth-order valence-corrected chi connectivity index (χ4v) is 3.07. The molecule has 0 N–H and O–H groups in total. The first kappa shape index (κ1) is 20.0. The van der Waals surface area contributed by atoms with Crippen LogP contribution in [0.15, 0.2) is 24.3 Å². The second-order valence-corrected chi connectivity index (χ2v) is 6.28. The van der Waals surface area contributed by atoms with Crippen LogP contribution in [0.5, 0.6) is 5.88 Å². The average Bonchev–Trinajstić information content (AvgIpc) is 2.59. The summed E-state index contributed by atoms with van der Waals surface area (Å²) in [5, 5.41) is 0. The molecule has 0 bridgehead atoms. The lowest BCUT2D eigenvalue weighted by Crippen LogP contribution is -2.30. The molecule has 0 aliphatic carbocycles. The molecule has 0 amide bonds. The van der Waals surface area contributed by atoms with Crippen LogP contribution in [0.3, 0.4) is 0 Å². The molecule has 0 saturated carbocycles. The zero-order valence-electron chi connectivity index (χ0n) is 14.8. The molecule has 4 nitrogen and oxygen atoms in total. The Morgan fingerprint density at radius 1 is 1.25 bits per heavy atom. The van der Waals surface area contributed by atoms with Crippen molar-refractivity contribution in [3.8, 4) is 17.0 Å². The lowest BCUT2D eigenvalue weighted by Gasteiger charge is -2.28. The van der Waals surface area contributed by atoms with Crippen molar-refractivity contribution in [1.29, 1.82) is 0 Å². The Balaban J connectivity index is 2.08. The molecule has 150 valence electrons. The molecule has 0 fully saturated rings. The molecule has 1 aromatic heterocycles. The van der Waals surface area contributed by atoms with E-state index in [1.807, 2.05) is 0 Å². The molecule has 1 aromatic carbocycles. The number of nitrogens with zero attached hydrogens (tertiary/aromatic N) is 1. The Bertz CT molecular complexity index is 898. The van der Waals surface area contributed by atoms with Crippen LogP contribution in [0.2, 0.25) is 0 Å². The van der Waals surface area contributed by atoms with Gasteiger partial charge in [0.25, 0.3) is 0 Å². The zero-order chi connectivity index (χ0) is 20.5. The molecule has 1 aliphatic rings. The summed E-state index contributed by atoms with van der Waals surface area (Å²) in [4.78, 5) is 16.1. The number of hydrogen-bond acceptors (Lipinski definition) is 4. The van der Waals surface area contributed by atoms with Crippen molar-refractivity contribution in [3.63, 3.8) is 0 Å². The van der Waals surface area contributed by atoms with Crippen LogP contribution in [-0.2, 0) is 11.2 Å². The van der Waals surface area contributed by atoms with Crippen LogP contribution >= 0.6 is 0 Å². The number of alkyl halides is 3. The fourth-order valence-electron chi connectivity index (χ4n) is 3.07. The van der Waals surface area contributed by atoms with E-state index in [1.165, 1.54) is 12.1 Å². The van der Waals surface area contributed by atoms with Gasteiger partial charge in [-0.05, 0) is 43.5 Å². The Labute approximate surface area is 157 Å². The van der Waals surface area contributed by atoms with Crippen molar-refractivity contribution in [2.75, 3.05) is 6.61 Å².